The van der Waals surface area contributed by atoms with Gasteiger partial charge in [-0.25, -0.2) is 0 Å². The molecule has 23 heavy (non-hydrogen) atoms. The van der Waals surface area contributed by atoms with E-state index in [1.807, 2.05) is 35.4 Å². The molecule has 1 amide bonds. The van der Waals surface area contributed by atoms with Crippen LogP contribution >= 0.6 is 21.6 Å². The first kappa shape index (κ1) is 22.8. The number of Topliss-reactive ketones (excluding diaryl/α,β-unsaturated/α-hetero) is 1. The van der Waals surface area contributed by atoms with Gasteiger partial charge in [-0.05, 0) is 31.1 Å². The molecule has 0 heterocycles. The number of carbonyl (C=O) groups excluding carboxylic acids is 2. The van der Waals surface area contributed by atoms with Crippen LogP contribution in [0.25, 0.3) is 0 Å². The van der Waals surface area contributed by atoms with Gasteiger partial charge in [-0.1, -0.05) is 56.2 Å². The molecule has 0 aromatic heterocycles. The first-order valence-electron chi connectivity index (χ1n) is 8.76. The fraction of sp³-hybridized carbons (Fsp3) is 0.889. The molecule has 0 rings (SSSR count). The van der Waals surface area contributed by atoms with Gasteiger partial charge in [0.2, 0.25) is 5.91 Å². The van der Waals surface area contributed by atoms with E-state index in [0.717, 1.165) is 25.1 Å². The van der Waals surface area contributed by atoms with E-state index in [-0.39, 0.29) is 11.8 Å². The lowest BCUT2D eigenvalue weighted by Gasteiger charge is -2.17. The highest BCUT2D eigenvalue weighted by molar-refractivity contribution is 8.76. The molecule has 0 saturated carbocycles. The van der Waals surface area contributed by atoms with Crippen molar-refractivity contribution in [3.8, 4) is 0 Å². The fourth-order valence-electron chi connectivity index (χ4n) is 1.97. The summed E-state index contributed by atoms with van der Waals surface area (Å²) < 4.78 is 0. The number of amides is 1. The second-order valence-electron chi connectivity index (χ2n) is 7.49. The van der Waals surface area contributed by atoms with Crippen LogP contribution in [-0.2, 0) is 9.59 Å². The third-order valence-corrected chi connectivity index (χ3v) is 5.96. The van der Waals surface area contributed by atoms with Gasteiger partial charge in [0.25, 0.3) is 0 Å². The maximum absolute atomic E-state index is 11.7. The summed E-state index contributed by atoms with van der Waals surface area (Å²) in [5, 5.41) is 2.95. The van der Waals surface area contributed by atoms with E-state index in [2.05, 4.69) is 26.1 Å². The standard InChI is InChI=1S/C18H35NO2S2/c1-15(2)16(20)9-6-7-10-17(21)19-12-14-23-22-13-8-11-18(3,4)5/h15H,6-14H2,1-5H3,(H,19,21). The van der Waals surface area contributed by atoms with E-state index in [1.54, 1.807) is 0 Å². The molecule has 3 nitrogen and oxygen atoms in total. The Kier molecular flexibility index (Phi) is 13.1. The lowest BCUT2D eigenvalue weighted by atomic mass is 9.91. The zero-order chi connectivity index (χ0) is 17.7. The van der Waals surface area contributed by atoms with E-state index >= 15 is 0 Å². The monoisotopic (exact) mass is 361 g/mol. The predicted molar refractivity (Wildman–Crippen MR) is 105 cm³/mol. The van der Waals surface area contributed by atoms with Crippen LogP contribution in [0.15, 0.2) is 0 Å². The molecule has 0 spiro atoms. The van der Waals surface area contributed by atoms with Crippen LogP contribution in [0.4, 0.5) is 0 Å². The zero-order valence-corrected chi connectivity index (χ0v) is 17.2. The Morgan fingerprint density at radius 3 is 2.17 bits per heavy atom. The van der Waals surface area contributed by atoms with E-state index in [9.17, 15) is 9.59 Å². The summed E-state index contributed by atoms with van der Waals surface area (Å²) in [6.45, 7) is 11.4. The molecule has 0 aliphatic heterocycles. The normalized spacial score (nSPS) is 11.7. The molecule has 1 N–H and O–H groups in total. The largest absolute Gasteiger partial charge is 0.355 e. The highest BCUT2D eigenvalue weighted by atomic mass is 33.1. The van der Waals surface area contributed by atoms with Crippen molar-refractivity contribution in [2.45, 2.75) is 73.1 Å². The van der Waals surface area contributed by atoms with Gasteiger partial charge in [0.15, 0.2) is 0 Å². The van der Waals surface area contributed by atoms with Crippen molar-refractivity contribution in [2.75, 3.05) is 18.1 Å². The van der Waals surface area contributed by atoms with Crippen LogP contribution in [0, 0.1) is 11.3 Å². The molecule has 0 aliphatic rings. The molecule has 0 aromatic carbocycles. The number of hydrogen-bond acceptors (Lipinski definition) is 4. The lowest BCUT2D eigenvalue weighted by Crippen LogP contribution is -2.25. The highest BCUT2D eigenvalue weighted by Crippen LogP contribution is 2.26. The Hall–Kier alpha value is -0.160. The smallest absolute Gasteiger partial charge is 0.220 e. The Morgan fingerprint density at radius 2 is 1.57 bits per heavy atom. The van der Waals surface area contributed by atoms with Crippen LogP contribution in [0.2, 0.25) is 0 Å². The second-order valence-corrected chi connectivity index (χ2v) is 10.2. The average molecular weight is 362 g/mol. The van der Waals surface area contributed by atoms with E-state index in [4.69, 9.17) is 0 Å². The van der Waals surface area contributed by atoms with Crippen molar-refractivity contribution in [3.63, 3.8) is 0 Å². The molecule has 136 valence electrons. The third kappa shape index (κ3) is 16.5. The van der Waals surface area contributed by atoms with Crippen LogP contribution in [0.1, 0.15) is 73.1 Å². The van der Waals surface area contributed by atoms with Crippen molar-refractivity contribution in [2.24, 2.45) is 11.3 Å². The van der Waals surface area contributed by atoms with E-state index < -0.39 is 0 Å². The van der Waals surface area contributed by atoms with Crippen molar-refractivity contribution in [1.29, 1.82) is 0 Å². The molecule has 0 aliphatic carbocycles. The summed E-state index contributed by atoms with van der Waals surface area (Å²) in [6.07, 6.45) is 5.28. The van der Waals surface area contributed by atoms with Gasteiger partial charge in [-0.15, -0.1) is 0 Å². The van der Waals surface area contributed by atoms with Crippen molar-refractivity contribution < 1.29 is 9.59 Å². The summed E-state index contributed by atoms with van der Waals surface area (Å²) in [5.74, 6) is 2.66. The molecule has 0 atom stereocenters. The molecule has 0 aromatic rings. The third-order valence-electron chi connectivity index (χ3n) is 3.47. The molecule has 0 bridgehead atoms. The van der Waals surface area contributed by atoms with Crippen LogP contribution < -0.4 is 5.32 Å². The molecule has 5 heteroatoms. The summed E-state index contributed by atoms with van der Waals surface area (Å²) in [4.78, 5) is 23.1. The van der Waals surface area contributed by atoms with Gasteiger partial charge >= 0.3 is 0 Å². The Morgan fingerprint density at radius 1 is 0.957 bits per heavy atom. The van der Waals surface area contributed by atoms with Crippen molar-refractivity contribution in [3.05, 3.63) is 0 Å². The van der Waals surface area contributed by atoms with Gasteiger partial charge in [0.1, 0.15) is 5.78 Å². The highest BCUT2D eigenvalue weighted by Gasteiger charge is 2.09. The van der Waals surface area contributed by atoms with E-state index in [0.29, 0.717) is 24.0 Å². The average Bonchev–Trinajstić information content (AvgIpc) is 2.44. The zero-order valence-electron chi connectivity index (χ0n) is 15.6. The number of ketones is 1. The SMILES string of the molecule is CC(C)C(=O)CCCCC(=O)NCCSSCCCC(C)(C)C. The molecule has 0 fully saturated rings. The number of carbonyl (C=O) groups is 2. The quantitative estimate of drug-likeness (QED) is 0.366. The minimum Gasteiger partial charge on any atom is -0.355 e. The second kappa shape index (κ2) is 13.2. The maximum atomic E-state index is 11.7. The minimum absolute atomic E-state index is 0.111. The van der Waals surface area contributed by atoms with Crippen LogP contribution in [0.3, 0.4) is 0 Å². The topological polar surface area (TPSA) is 46.2 Å². The Bertz CT molecular complexity index is 338. The maximum Gasteiger partial charge on any atom is 0.220 e. The van der Waals surface area contributed by atoms with Gasteiger partial charge in [0, 0.05) is 36.8 Å². The molecular formula is C18H35NO2S2. The predicted octanol–water partition coefficient (Wildman–Crippen LogP) is 5.10. The van der Waals surface area contributed by atoms with Crippen LogP contribution in [0.5, 0.6) is 0 Å². The molecule has 0 radical (unpaired) electrons. The van der Waals surface area contributed by atoms with Gasteiger partial charge in [-0.3, -0.25) is 9.59 Å². The first-order chi connectivity index (χ1) is 10.7. The lowest BCUT2D eigenvalue weighted by molar-refractivity contribution is -0.123. The number of rotatable bonds is 13. The van der Waals surface area contributed by atoms with Gasteiger partial charge in [-0.2, -0.15) is 0 Å². The number of hydrogen-bond donors (Lipinski definition) is 1. The Labute approximate surface area is 150 Å². The van der Waals surface area contributed by atoms with Crippen molar-refractivity contribution >= 4 is 33.3 Å². The van der Waals surface area contributed by atoms with Gasteiger partial charge in [0.05, 0.1) is 0 Å². The summed E-state index contributed by atoms with van der Waals surface area (Å²) in [6, 6.07) is 0. The summed E-state index contributed by atoms with van der Waals surface area (Å²) in [7, 11) is 3.74. The van der Waals surface area contributed by atoms with E-state index in [1.165, 1.54) is 18.6 Å². The number of nitrogens with one attached hydrogen (secondary N) is 1. The van der Waals surface area contributed by atoms with Crippen molar-refractivity contribution in [1.82, 2.24) is 5.32 Å². The minimum atomic E-state index is 0.111. The molecule has 0 saturated heterocycles. The van der Waals surface area contributed by atoms with Gasteiger partial charge < -0.3 is 5.32 Å². The molecule has 0 unspecified atom stereocenters. The first-order valence-corrected chi connectivity index (χ1v) is 11.2. The summed E-state index contributed by atoms with van der Waals surface area (Å²) in [5.41, 5.74) is 0.430. The number of unbranched alkanes of at least 4 members (excludes halogenated alkanes) is 1. The van der Waals surface area contributed by atoms with Crippen LogP contribution in [-0.4, -0.2) is 29.7 Å². The molecular weight excluding hydrogens is 326 g/mol. The Balaban J connectivity index is 3.36. The fourth-order valence-corrected chi connectivity index (χ4v) is 3.97. The summed E-state index contributed by atoms with van der Waals surface area (Å²) >= 11 is 0.